The van der Waals surface area contributed by atoms with E-state index in [1.54, 1.807) is 7.11 Å². The third-order valence-corrected chi connectivity index (χ3v) is 3.73. The first-order valence-corrected chi connectivity index (χ1v) is 7.76. The highest BCUT2D eigenvalue weighted by Gasteiger charge is 2.06. The third kappa shape index (κ3) is 3.84. The molecule has 1 N–H and O–H groups in total. The molecule has 0 radical (unpaired) electrons. The Kier molecular flexibility index (Phi) is 4.96. The SMILES string of the molecule is COc1cccc(CNC(=O)COc2cccc3ccccc23)c1. The molecule has 1 amide bonds. The van der Waals surface area contributed by atoms with Crippen LogP contribution in [0.1, 0.15) is 5.56 Å². The van der Waals surface area contributed by atoms with Crippen LogP contribution in [-0.4, -0.2) is 19.6 Å². The van der Waals surface area contributed by atoms with Crippen LogP contribution >= 0.6 is 0 Å². The average molecular weight is 321 g/mol. The van der Waals surface area contributed by atoms with E-state index in [1.807, 2.05) is 66.7 Å². The maximum Gasteiger partial charge on any atom is 0.258 e. The minimum Gasteiger partial charge on any atom is -0.497 e. The second-order valence-corrected chi connectivity index (χ2v) is 5.39. The summed E-state index contributed by atoms with van der Waals surface area (Å²) in [5.41, 5.74) is 0.980. The zero-order valence-corrected chi connectivity index (χ0v) is 13.5. The Morgan fingerprint density at radius 1 is 1.00 bits per heavy atom. The van der Waals surface area contributed by atoms with Crippen LogP contribution in [0, 0.1) is 0 Å². The topological polar surface area (TPSA) is 47.6 Å². The van der Waals surface area contributed by atoms with Gasteiger partial charge in [0.25, 0.3) is 5.91 Å². The number of nitrogens with one attached hydrogen (secondary N) is 1. The van der Waals surface area contributed by atoms with E-state index >= 15 is 0 Å². The number of methoxy groups -OCH3 is 1. The molecule has 4 nitrogen and oxygen atoms in total. The molecule has 0 atom stereocenters. The van der Waals surface area contributed by atoms with Gasteiger partial charge in [-0.1, -0.05) is 48.5 Å². The molecule has 4 heteroatoms. The molecule has 3 aromatic rings. The highest BCUT2D eigenvalue weighted by atomic mass is 16.5. The Labute approximate surface area is 141 Å². The molecule has 0 spiro atoms. The van der Waals surface area contributed by atoms with Gasteiger partial charge in [-0.25, -0.2) is 0 Å². The molecule has 0 bridgehead atoms. The van der Waals surface area contributed by atoms with E-state index < -0.39 is 0 Å². The fourth-order valence-corrected chi connectivity index (χ4v) is 2.50. The molecular weight excluding hydrogens is 302 g/mol. The van der Waals surface area contributed by atoms with Crippen LogP contribution in [0.25, 0.3) is 10.8 Å². The van der Waals surface area contributed by atoms with Crippen molar-refractivity contribution in [2.24, 2.45) is 0 Å². The summed E-state index contributed by atoms with van der Waals surface area (Å²) in [6.45, 7) is 0.424. The van der Waals surface area contributed by atoms with Crippen molar-refractivity contribution in [3.05, 3.63) is 72.3 Å². The van der Waals surface area contributed by atoms with Crippen molar-refractivity contribution in [1.82, 2.24) is 5.32 Å². The largest absolute Gasteiger partial charge is 0.497 e. The molecular formula is C20H19NO3. The Morgan fingerprint density at radius 3 is 2.67 bits per heavy atom. The number of benzene rings is 3. The smallest absolute Gasteiger partial charge is 0.258 e. The van der Waals surface area contributed by atoms with Crippen LogP contribution in [0.15, 0.2) is 66.7 Å². The highest BCUT2D eigenvalue weighted by molar-refractivity contribution is 5.88. The van der Waals surface area contributed by atoms with Crippen LogP contribution < -0.4 is 14.8 Å². The lowest BCUT2D eigenvalue weighted by Gasteiger charge is -2.10. The number of carbonyl (C=O) groups excluding carboxylic acids is 1. The lowest BCUT2D eigenvalue weighted by molar-refractivity contribution is -0.123. The fraction of sp³-hybridized carbons (Fsp3) is 0.150. The average Bonchev–Trinajstić information content (AvgIpc) is 2.64. The predicted octanol–water partition coefficient (Wildman–Crippen LogP) is 3.54. The normalized spacial score (nSPS) is 10.4. The van der Waals surface area contributed by atoms with Gasteiger partial charge in [-0.3, -0.25) is 4.79 Å². The Bertz CT molecular complexity index is 840. The minimum atomic E-state index is -0.161. The van der Waals surface area contributed by atoms with E-state index in [1.165, 1.54) is 0 Å². The quantitative estimate of drug-likeness (QED) is 0.755. The molecule has 3 rings (SSSR count). The zero-order chi connectivity index (χ0) is 16.8. The molecule has 0 aliphatic heterocycles. The Morgan fingerprint density at radius 2 is 1.79 bits per heavy atom. The van der Waals surface area contributed by atoms with E-state index in [4.69, 9.17) is 9.47 Å². The molecule has 0 fully saturated rings. The number of rotatable bonds is 6. The Balaban J connectivity index is 1.57. The van der Waals surface area contributed by atoms with E-state index in [9.17, 15) is 4.79 Å². The molecule has 0 saturated carbocycles. The molecule has 0 aromatic heterocycles. The van der Waals surface area contributed by atoms with Gasteiger partial charge < -0.3 is 14.8 Å². The van der Waals surface area contributed by atoms with Gasteiger partial charge in [0.1, 0.15) is 11.5 Å². The number of ether oxygens (including phenoxy) is 2. The lowest BCUT2D eigenvalue weighted by Crippen LogP contribution is -2.28. The van der Waals surface area contributed by atoms with Crippen molar-refractivity contribution in [2.75, 3.05) is 13.7 Å². The second-order valence-electron chi connectivity index (χ2n) is 5.39. The molecule has 0 aliphatic carbocycles. The van der Waals surface area contributed by atoms with Crippen molar-refractivity contribution in [1.29, 1.82) is 0 Å². The predicted molar refractivity (Wildman–Crippen MR) is 94.3 cm³/mol. The van der Waals surface area contributed by atoms with Crippen LogP contribution in [0.2, 0.25) is 0 Å². The summed E-state index contributed by atoms with van der Waals surface area (Å²) < 4.78 is 10.8. The fourth-order valence-electron chi connectivity index (χ4n) is 2.50. The molecule has 0 heterocycles. The van der Waals surface area contributed by atoms with E-state index in [2.05, 4.69) is 5.32 Å². The van der Waals surface area contributed by atoms with Crippen LogP contribution in [0.4, 0.5) is 0 Å². The van der Waals surface area contributed by atoms with Crippen molar-refractivity contribution in [3.8, 4) is 11.5 Å². The van der Waals surface area contributed by atoms with Crippen LogP contribution in [0.3, 0.4) is 0 Å². The monoisotopic (exact) mass is 321 g/mol. The van der Waals surface area contributed by atoms with Gasteiger partial charge in [-0.2, -0.15) is 0 Å². The number of hydrogen-bond acceptors (Lipinski definition) is 3. The van der Waals surface area contributed by atoms with Gasteiger partial charge in [0.05, 0.1) is 7.11 Å². The molecule has 122 valence electrons. The van der Waals surface area contributed by atoms with E-state index in [0.717, 1.165) is 22.1 Å². The maximum atomic E-state index is 12.0. The molecule has 3 aromatic carbocycles. The summed E-state index contributed by atoms with van der Waals surface area (Å²) in [7, 11) is 1.62. The molecule has 0 unspecified atom stereocenters. The summed E-state index contributed by atoms with van der Waals surface area (Å²) in [6.07, 6.45) is 0. The molecule has 0 saturated heterocycles. The summed E-state index contributed by atoms with van der Waals surface area (Å²) in [5.74, 6) is 1.32. The van der Waals surface area contributed by atoms with Crippen molar-refractivity contribution >= 4 is 16.7 Å². The van der Waals surface area contributed by atoms with Gasteiger partial charge >= 0.3 is 0 Å². The zero-order valence-electron chi connectivity index (χ0n) is 13.5. The molecule has 24 heavy (non-hydrogen) atoms. The number of hydrogen-bond donors (Lipinski definition) is 1. The van der Waals surface area contributed by atoms with Crippen molar-refractivity contribution < 1.29 is 14.3 Å². The first-order valence-electron chi connectivity index (χ1n) is 7.76. The first kappa shape index (κ1) is 15.9. The van der Waals surface area contributed by atoms with Gasteiger partial charge in [-0.15, -0.1) is 0 Å². The van der Waals surface area contributed by atoms with Gasteiger partial charge in [0, 0.05) is 11.9 Å². The first-order chi connectivity index (χ1) is 11.8. The Hall–Kier alpha value is -3.01. The number of carbonyl (C=O) groups is 1. The van der Waals surface area contributed by atoms with Crippen LogP contribution in [0.5, 0.6) is 11.5 Å². The highest BCUT2D eigenvalue weighted by Crippen LogP contribution is 2.24. The van der Waals surface area contributed by atoms with Gasteiger partial charge in [-0.05, 0) is 29.1 Å². The number of amides is 1. The third-order valence-electron chi connectivity index (χ3n) is 3.73. The molecule has 0 aliphatic rings. The summed E-state index contributed by atoms with van der Waals surface area (Å²) >= 11 is 0. The number of fused-ring (bicyclic) bond motifs is 1. The maximum absolute atomic E-state index is 12.0. The minimum absolute atomic E-state index is 0.0159. The summed E-state index contributed by atoms with van der Waals surface area (Å²) in [6, 6.07) is 21.4. The van der Waals surface area contributed by atoms with E-state index in [0.29, 0.717) is 12.3 Å². The van der Waals surface area contributed by atoms with Gasteiger partial charge in [0.2, 0.25) is 0 Å². The summed E-state index contributed by atoms with van der Waals surface area (Å²) in [4.78, 5) is 12.0. The van der Waals surface area contributed by atoms with Crippen molar-refractivity contribution in [2.45, 2.75) is 6.54 Å². The van der Waals surface area contributed by atoms with Crippen molar-refractivity contribution in [3.63, 3.8) is 0 Å². The van der Waals surface area contributed by atoms with E-state index in [-0.39, 0.29) is 12.5 Å². The second kappa shape index (κ2) is 7.51. The van der Waals surface area contributed by atoms with Crippen LogP contribution in [-0.2, 0) is 11.3 Å². The summed E-state index contributed by atoms with van der Waals surface area (Å²) in [5, 5.41) is 4.94. The standard InChI is InChI=1S/C20H19NO3/c1-23-17-9-4-6-15(12-17)13-21-20(22)14-24-19-11-5-8-16-7-2-3-10-18(16)19/h2-12H,13-14H2,1H3,(H,21,22). The lowest BCUT2D eigenvalue weighted by atomic mass is 10.1. The van der Waals surface area contributed by atoms with Gasteiger partial charge in [0.15, 0.2) is 6.61 Å².